The second-order valence-electron chi connectivity index (χ2n) is 2.99. The van der Waals surface area contributed by atoms with Gasteiger partial charge in [0.25, 0.3) is 5.91 Å². The maximum absolute atomic E-state index is 11.6. The largest absolute Gasteiger partial charge is 0.399 e. The molecule has 1 amide bonds. The predicted molar refractivity (Wildman–Crippen MR) is 56.6 cm³/mol. The van der Waals surface area contributed by atoms with Gasteiger partial charge in [0.2, 0.25) is 0 Å². The molecule has 0 aromatic heterocycles. The number of carbonyl (C=O) groups excluding carboxylic acids is 1. The quantitative estimate of drug-likeness (QED) is 0.555. The fourth-order valence-electron chi connectivity index (χ4n) is 1.05. The molecule has 0 aliphatic carbocycles. The van der Waals surface area contributed by atoms with Crippen LogP contribution in [0.3, 0.4) is 0 Å². The van der Waals surface area contributed by atoms with Crippen LogP contribution in [0.5, 0.6) is 0 Å². The monoisotopic (exact) mass is 188 g/mol. The van der Waals surface area contributed by atoms with Gasteiger partial charge in [0.1, 0.15) is 0 Å². The van der Waals surface area contributed by atoms with E-state index in [1.807, 2.05) is 0 Å². The van der Waals surface area contributed by atoms with Crippen molar-refractivity contribution in [2.75, 3.05) is 19.3 Å². The van der Waals surface area contributed by atoms with Gasteiger partial charge >= 0.3 is 0 Å². The lowest BCUT2D eigenvalue weighted by Crippen LogP contribution is -2.26. The first-order chi connectivity index (χ1) is 6.65. The number of benzene rings is 1. The molecule has 0 unspecified atom stereocenters. The van der Waals surface area contributed by atoms with Crippen molar-refractivity contribution in [2.45, 2.75) is 0 Å². The second-order valence-corrected chi connectivity index (χ2v) is 2.99. The zero-order chi connectivity index (χ0) is 10.6. The number of amides is 1. The Labute approximate surface area is 83.5 Å². The first-order valence-electron chi connectivity index (χ1n) is 4.19. The summed E-state index contributed by atoms with van der Waals surface area (Å²) in [5.41, 5.74) is 6.74. The fourth-order valence-corrected chi connectivity index (χ4v) is 1.05. The van der Waals surface area contributed by atoms with Gasteiger partial charge < -0.3 is 10.6 Å². The lowest BCUT2D eigenvalue weighted by molar-refractivity contribution is 0.0812. The van der Waals surface area contributed by atoms with Crippen molar-refractivity contribution in [3.05, 3.63) is 29.8 Å². The number of hydrogen-bond donors (Lipinski definition) is 1. The van der Waals surface area contributed by atoms with Gasteiger partial charge in [-0.25, -0.2) is 0 Å². The van der Waals surface area contributed by atoms with E-state index in [0.29, 0.717) is 17.8 Å². The molecule has 3 heteroatoms. The summed E-state index contributed by atoms with van der Waals surface area (Å²) in [5, 5.41) is 0. The Morgan fingerprint density at radius 3 is 2.57 bits per heavy atom. The Balaban J connectivity index is 2.80. The van der Waals surface area contributed by atoms with E-state index >= 15 is 0 Å². The topological polar surface area (TPSA) is 46.3 Å². The number of rotatable bonds is 2. The number of terminal acetylenes is 1. The summed E-state index contributed by atoms with van der Waals surface area (Å²) < 4.78 is 0. The molecule has 0 spiro atoms. The summed E-state index contributed by atoms with van der Waals surface area (Å²) in [6.07, 6.45) is 5.11. The van der Waals surface area contributed by atoms with E-state index in [1.54, 1.807) is 31.3 Å². The molecule has 14 heavy (non-hydrogen) atoms. The average molecular weight is 188 g/mol. The molecular formula is C11H12N2O. The van der Waals surface area contributed by atoms with Crippen LogP contribution in [0, 0.1) is 12.3 Å². The van der Waals surface area contributed by atoms with E-state index in [-0.39, 0.29) is 5.91 Å². The van der Waals surface area contributed by atoms with Gasteiger partial charge in [0, 0.05) is 18.3 Å². The Bertz CT molecular complexity index is 362. The van der Waals surface area contributed by atoms with Crippen LogP contribution >= 0.6 is 0 Å². The van der Waals surface area contributed by atoms with Crippen LogP contribution in [0.25, 0.3) is 0 Å². The maximum Gasteiger partial charge on any atom is 0.254 e. The molecule has 0 fully saturated rings. The first kappa shape index (κ1) is 10.1. The molecule has 0 heterocycles. The van der Waals surface area contributed by atoms with E-state index in [1.165, 1.54) is 4.90 Å². The first-order valence-corrected chi connectivity index (χ1v) is 4.19. The highest BCUT2D eigenvalue weighted by molar-refractivity contribution is 5.94. The smallest absolute Gasteiger partial charge is 0.254 e. The molecule has 0 aliphatic heterocycles. The SMILES string of the molecule is C#CCN(C)C(=O)c1ccc(N)cc1. The zero-order valence-corrected chi connectivity index (χ0v) is 8.03. The van der Waals surface area contributed by atoms with E-state index < -0.39 is 0 Å². The number of nitrogen functional groups attached to an aromatic ring is 1. The van der Waals surface area contributed by atoms with Crippen molar-refractivity contribution in [3.8, 4) is 12.3 Å². The van der Waals surface area contributed by atoms with Crippen LogP contribution in [-0.2, 0) is 0 Å². The Morgan fingerprint density at radius 1 is 1.50 bits per heavy atom. The molecule has 0 saturated carbocycles. The van der Waals surface area contributed by atoms with Crippen molar-refractivity contribution in [1.82, 2.24) is 4.90 Å². The summed E-state index contributed by atoms with van der Waals surface area (Å²) >= 11 is 0. The highest BCUT2D eigenvalue weighted by Gasteiger charge is 2.09. The van der Waals surface area contributed by atoms with Crippen LogP contribution in [-0.4, -0.2) is 24.4 Å². The standard InChI is InChI=1S/C11H12N2O/c1-3-8-13(2)11(14)9-4-6-10(12)7-5-9/h1,4-7H,8,12H2,2H3. The van der Waals surface area contributed by atoms with E-state index in [4.69, 9.17) is 12.2 Å². The summed E-state index contributed by atoms with van der Waals surface area (Å²) in [5.74, 6) is 2.32. The molecule has 72 valence electrons. The molecule has 0 bridgehead atoms. The minimum absolute atomic E-state index is 0.0945. The molecule has 0 atom stereocenters. The number of nitrogens with two attached hydrogens (primary N) is 1. The van der Waals surface area contributed by atoms with E-state index in [0.717, 1.165) is 0 Å². The third kappa shape index (κ3) is 2.27. The van der Waals surface area contributed by atoms with E-state index in [2.05, 4.69) is 5.92 Å². The fraction of sp³-hybridized carbons (Fsp3) is 0.182. The zero-order valence-electron chi connectivity index (χ0n) is 8.03. The number of hydrogen-bond acceptors (Lipinski definition) is 2. The van der Waals surface area contributed by atoms with Gasteiger partial charge in [-0.2, -0.15) is 0 Å². The number of anilines is 1. The molecule has 2 N–H and O–H groups in total. The van der Waals surface area contributed by atoms with Gasteiger partial charge in [-0.3, -0.25) is 4.79 Å². The average Bonchev–Trinajstić information content (AvgIpc) is 2.18. The Kier molecular flexibility index (Phi) is 3.14. The molecule has 1 aromatic rings. The second kappa shape index (κ2) is 4.33. The van der Waals surface area contributed by atoms with Gasteiger partial charge in [-0.05, 0) is 24.3 Å². The van der Waals surface area contributed by atoms with Crippen molar-refractivity contribution < 1.29 is 4.79 Å². The van der Waals surface area contributed by atoms with Crippen LogP contribution in [0.1, 0.15) is 10.4 Å². The third-order valence-corrected chi connectivity index (χ3v) is 1.83. The van der Waals surface area contributed by atoms with Crippen molar-refractivity contribution >= 4 is 11.6 Å². The van der Waals surface area contributed by atoms with Gasteiger partial charge in [0.05, 0.1) is 6.54 Å². The summed E-state index contributed by atoms with van der Waals surface area (Å²) in [6, 6.07) is 6.75. The van der Waals surface area contributed by atoms with Crippen LogP contribution in [0.2, 0.25) is 0 Å². The molecule has 0 aliphatic rings. The molecule has 0 saturated heterocycles. The molecule has 0 radical (unpaired) electrons. The molecule has 1 aromatic carbocycles. The minimum Gasteiger partial charge on any atom is -0.399 e. The van der Waals surface area contributed by atoms with Gasteiger partial charge in [-0.1, -0.05) is 5.92 Å². The summed E-state index contributed by atoms with van der Waals surface area (Å²) in [6.45, 7) is 0.309. The number of carbonyl (C=O) groups is 1. The Hall–Kier alpha value is -1.95. The Morgan fingerprint density at radius 2 is 2.07 bits per heavy atom. The normalized spacial score (nSPS) is 9.14. The number of nitrogens with zero attached hydrogens (tertiary/aromatic N) is 1. The van der Waals surface area contributed by atoms with E-state index in [9.17, 15) is 4.79 Å². The molecule has 3 nitrogen and oxygen atoms in total. The van der Waals surface area contributed by atoms with Crippen LogP contribution < -0.4 is 5.73 Å². The minimum atomic E-state index is -0.0945. The van der Waals surface area contributed by atoms with Crippen LogP contribution in [0.15, 0.2) is 24.3 Å². The summed E-state index contributed by atoms with van der Waals surface area (Å²) in [7, 11) is 1.67. The predicted octanol–water partition coefficient (Wildman–Crippen LogP) is 0.974. The third-order valence-electron chi connectivity index (χ3n) is 1.83. The lowest BCUT2D eigenvalue weighted by Gasteiger charge is -2.13. The maximum atomic E-state index is 11.6. The lowest BCUT2D eigenvalue weighted by atomic mass is 10.2. The van der Waals surface area contributed by atoms with Crippen LogP contribution in [0.4, 0.5) is 5.69 Å². The van der Waals surface area contributed by atoms with Crippen molar-refractivity contribution in [2.24, 2.45) is 0 Å². The highest BCUT2D eigenvalue weighted by atomic mass is 16.2. The summed E-state index contributed by atoms with van der Waals surface area (Å²) in [4.78, 5) is 13.1. The van der Waals surface area contributed by atoms with Crippen molar-refractivity contribution in [1.29, 1.82) is 0 Å². The molecule has 1 rings (SSSR count). The van der Waals surface area contributed by atoms with Crippen molar-refractivity contribution in [3.63, 3.8) is 0 Å². The van der Waals surface area contributed by atoms with Gasteiger partial charge in [-0.15, -0.1) is 6.42 Å². The van der Waals surface area contributed by atoms with Gasteiger partial charge in [0.15, 0.2) is 0 Å². The highest BCUT2D eigenvalue weighted by Crippen LogP contribution is 2.07. The molecular weight excluding hydrogens is 176 g/mol.